The topological polar surface area (TPSA) is 80.3 Å². The lowest BCUT2D eigenvalue weighted by atomic mass is 9.85. The average Bonchev–Trinajstić information content (AvgIpc) is 3.00. The first-order chi connectivity index (χ1) is 12.2. The Bertz CT molecular complexity index is 684. The van der Waals surface area contributed by atoms with Crippen LogP contribution in [0.4, 0.5) is 0 Å². The van der Waals surface area contributed by atoms with Gasteiger partial charge < -0.3 is 15.4 Å². The Morgan fingerprint density at radius 3 is 2.50 bits per heavy atom. The third-order valence-electron chi connectivity index (χ3n) is 5.26. The van der Waals surface area contributed by atoms with Gasteiger partial charge in [0, 0.05) is 29.8 Å². The molecule has 1 unspecified atom stereocenters. The molecule has 0 bridgehead atoms. The van der Waals surface area contributed by atoms with Crippen molar-refractivity contribution >= 4 is 11.8 Å². The predicted octanol–water partition coefficient (Wildman–Crippen LogP) is 2.33. The van der Waals surface area contributed by atoms with Gasteiger partial charge in [0.15, 0.2) is 0 Å². The molecule has 2 amide bonds. The summed E-state index contributed by atoms with van der Waals surface area (Å²) >= 11 is 0. The number of nitrogens with zero attached hydrogens (tertiary/aromatic N) is 1. The van der Waals surface area contributed by atoms with Crippen molar-refractivity contribution in [1.82, 2.24) is 15.6 Å². The van der Waals surface area contributed by atoms with E-state index in [-0.39, 0.29) is 29.3 Å². The van der Waals surface area contributed by atoms with Crippen molar-refractivity contribution in [3.63, 3.8) is 0 Å². The van der Waals surface area contributed by atoms with Crippen molar-refractivity contribution in [2.24, 2.45) is 0 Å². The summed E-state index contributed by atoms with van der Waals surface area (Å²) in [4.78, 5) is 29.2. The molecule has 6 nitrogen and oxygen atoms in total. The highest BCUT2D eigenvalue weighted by Crippen LogP contribution is 2.27. The van der Waals surface area contributed by atoms with E-state index in [9.17, 15) is 9.59 Å². The van der Waals surface area contributed by atoms with E-state index in [1.165, 1.54) is 0 Å². The average molecular weight is 359 g/mol. The van der Waals surface area contributed by atoms with Gasteiger partial charge in [0.2, 0.25) is 0 Å². The molecule has 26 heavy (non-hydrogen) atoms. The summed E-state index contributed by atoms with van der Waals surface area (Å²) in [6.07, 6.45) is 3.18. The number of aromatic nitrogens is 1. The van der Waals surface area contributed by atoms with Crippen LogP contribution in [0.2, 0.25) is 0 Å². The molecule has 2 fully saturated rings. The van der Waals surface area contributed by atoms with Crippen LogP contribution >= 0.6 is 0 Å². The molecule has 2 aliphatic rings. The SMILES string of the molecule is CC1(C(=O)NC2CC(NC(=O)c3cccc(C(C)(C)C)n3)C2)CCCO1. The number of nitrogens with one attached hydrogen (secondary N) is 2. The third kappa shape index (κ3) is 4.06. The van der Waals surface area contributed by atoms with Crippen molar-refractivity contribution in [1.29, 1.82) is 0 Å². The van der Waals surface area contributed by atoms with Crippen LogP contribution in [-0.2, 0) is 14.9 Å². The second-order valence-electron chi connectivity index (χ2n) is 8.65. The molecule has 1 aliphatic heterocycles. The lowest BCUT2D eigenvalue weighted by Gasteiger charge is -2.38. The first kappa shape index (κ1) is 18.8. The second kappa shape index (κ2) is 6.99. The number of pyridine rings is 1. The fourth-order valence-electron chi connectivity index (χ4n) is 3.39. The molecule has 1 aliphatic carbocycles. The number of amides is 2. The number of rotatable bonds is 4. The lowest BCUT2D eigenvalue weighted by Crippen LogP contribution is -2.57. The molecule has 2 N–H and O–H groups in total. The minimum atomic E-state index is -0.689. The van der Waals surface area contributed by atoms with E-state index in [4.69, 9.17) is 4.74 Å². The zero-order valence-electron chi connectivity index (χ0n) is 16.1. The normalized spacial score (nSPS) is 28.3. The summed E-state index contributed by atoms with van der Waals surface area (Å²) in [6, 6.07) is 5.72. The van der Waals surface area contributed by atoms with Crippen LogP contribution in [0.1, 0.15) is 69.6 Å². The van der Waals surface area contributed by atoms with Gasteiger partial charge in [0.25, 0.3) is 11.8 Å². The second-order valence-corrected chi connectivity index (χ2v) is 8.65. The molecule has 0 spiro atoms. The summed E-state index contributed by atoms with van der Waals surface area (Å²) in [5, 5.41) is 6.05. The smallest absolute Gasteiger partial charge is 0.270 e. The van der Waals surface area contributed by atoms with E-state index in [1.54, 1.807) is 6.07 Å². The maximum absolute atomic E-state index is 12.4. The summed E-state index contributed by atoms with van der Waals surface area (Å²) < 4.78 is 5.57. The maximum atomic E-state index is 12.4. The minimum absolute atomic E-state index is 0.0377. The number of hydrogen-bond acceptors (Lipinski definition) is 4. The minimum Gasteiger partial charge on any atom is -0.365 e. The molecule has 142 valence electrons. The Balaban J connectivity index is 1.48. The molecule has 1 atom stereocenters. The number of carbonyl (C=O) groups excluding carboxylic acids is 2. The Morgan fingerprint density at radius 1 is 1.19 bits per heavy atom. The van der Waals surface area contributed by atoms with E-state index in [0.717, 1.165) is 31.4 Å². The van der Waals surface area contributed by atoms with Crippen molar-refractivity contribution in [2.45, 2.75) is 76.5 Å². The van der Waals surface area contributed by atoms with Crippen molar-refractivity contribution < 1.29 is 14.3 Å². The quantitative estimate of drug-likeness (QED) is 0.865. The Hall–Kier alpha value is -1.95. The highest BCUT2D eigenvalue weighted by atomic mass is 16.5. The Kier molecular flexibility index (Phi) is 5.06. The van der Waals surface area contributed by atoms with Gasteiger partial charge >= 0.3 is 0 Å². The summed E-state index contributed by atoms with van der Waals surface area (Å²) in [5.74, 6) is -0.193. The van der Waals surface area contributed by atoms with Crippen LogP contribution in [0.25, 0.3) is 0 Å². The molecule has 1 aromatic rings. The van der Waals surface area contributed by atoms with Crippen LogP contribution in [0.15, 0.2) is 18.2 Å². The largest absolute Gasteiger partial charge is 0.365 e. The highest BCUT2D eigenvalue weighted by Gasteiger charge is 2.41. The first-order valence-electron chi connectivity index (χ1n) is 9.41. The molecule has 6 heteroatoms. The van der Waals surface area contributed by atoms with Gasteiger partial charge in [-0.3, -0.25) is 9.59 Å². The monoisotopic (exact) mass is 359 g/mol. The zero-order chi connectivity index (χ0) is 18.9. The van der Waals surface area contributed by atoms with E-state index in [2.05, 4.69) is 36.4 Å². The fourth-order valence-corrected chi connectivity index (χ4v) is 3.39. The number of hydrogen-bond donors (Lipinski definition) is 2. The molecule has 1 saturated carbocycles. The molecule has 2 heterocycles. The van der Waals surface area contributed by atoms with Crippen LogP contribution < -0.4 is 10.6 Å². The van der Waals surface area contributed by atoms with Crippen LogP contribution in [0.5, 0.6) is 0 Å². The van der Waals surface area contributed by atoms with Crippen LogP contribution in [-0.4, -0.2) is 41.1 Å². The van der Waals surface area contributed by atoms with E-state index < -0.39 is 5.60 Å². The van der Waals surface area contributed by atoms with Crippen molar-refractivity contribution in [3.05, 3.63) is 29.6 Å². The standard InChI is InChI=1S/C20H29N3O3/c1-19(2,3)16-8-5-7-15(23-16)17(24)21-13-11-14(12-13)22-18(25)20(4)9-6-10-26-20/h5,7-8,13-14H,6,9-12H2,1-4H3,(H,21,24)(H,22,25). The Morgan fingerprint density at radius 2 is 1.88 bits per heavy atom. The van der Waals surface area contributed by atoms with Gasteiger partial charge in [-0.05, 0) is 44.7 Å². The van der Waals surface area contributed by atoms with Gasteiger partial charge in [0.05, 0.1) is 0 Å². The van der Waals surface area contributed by atoms with Gasteiger partial charge in [-0.2, -0.15) is 0 Å². The zero-order valence-corrected chi connectivity index (χ0v) is 16.1. The van der Waals surface area contributed by atoms with Crippen LogP contribution in [0, 0.1) is 0 Å². The van der Waals surface area contributed by atoms with E-state index in [1.807, 2.05) is 19.1 Å². The van der Waals surface area contributed by atoms with Gasteiger partial charge in [0.1, 0.15) is 11.3 Å². The number of carbonyl (C=O) groups is 2. The number of ether oxygens (including phenoxy) is 1. The van der Waals surface area contributed by atoms with Crippen molar-refractivity contribution in [2.75, 3.05) is 6.61 Å². The van der Waals surface area contributed by atoms with Crippen LogP contribution in [0.3, 0.4) is 0 Å². The summed E-state index contributed by atoms with van der Waals surface area (Å²) in [5.41, 5.74) is 0.553. The molecule has 0 radical (unpaired) electrons. The third-order valence-corrected chi connectivity index (χ3v) is 5.26. The lowest BCUT2D eigenvalue weighted by molar-refractivity contribution is -0.141. The van der Waals surface area contributed by atoms with E-state index in [0.29, 0.717) is 12.3 Å². The Labute approximate surface area is 155 Å². The van der Waals surface area contributed by atoms with Gasteiger partial charge in [-0.25, -0.2) is 4.98 Å². The van der Waals surface area contributed by atoms with Crippen molar-refractivity contribution in [3.8, 4) is 0 Å². The van der Waals surface area contributed by atoms with E-state index >= 15 is 0 Å². The molecular formula is C20H29N3O3. The van der Waals surface area contributed by atoms with Gasteiger partial charge in [-0.15, -0.1) is 0 Å². The highest BCUT2D eigenvalue weighted by molar-refractivity contribution is 5.92. The molecule has 1 aromatic heterocycles. The molecular weight excluding hydrogens is 330 g/mol. The summed E-state index contributed by atoms with van der Waals surface area (Å²) in [6.45, 7) is 8.72. The molecule has 1 saturated heterocycles. The molecule has 0 aromatic carbocycles. The first-order valence-corrected chi connectivity index (χ1v) is 9.41. The van der Waals surface area contributed by atoms with Gasteiger partial charge in [-0.1, -0.05) is 26.8 Å². The summed E-state index contributed by atoms with van der Waals surface area (Å²) in [7, 11) is 0. The molecule has 3 rings (SSSR count). The predicted molar refractivity (Wildman–Crippen MR) is 98.9 cm³/mol. The fraction of sp³-hybridized carbons (Fsp3) is 0.650. The maximum Gasteiger partial charge on any atom is 0.270 e.